The van der Waals surface area contributed by atoms with Crippen LogP contribution in [0.5, 0.6) is 0 Å². The second-order valence-corrected chi connectivity index (χ2v) is 8.31. The topological polar surface area (TPSA) is 71.1 Å². The van der Waals surface area contributed by atoms with Gasteiger partial charge in [0.2, 0.25) is 11.7 Å². The highest BCUT2D eigenvalue weighted by Crippen LogP contribution is 2.24. The van der Waals surface area contributed by atoms with Crippen LogP contribution < -0.4 is 10.6 Å². The van der Waals surface area contributed by atoms with E-state index in [9.17, 15) is 9.59 Å². The van der Waals surface area contributed by atoms with Crippen LogP contribution in [0.1, 0.15) is 66.2 Å². The molecule has 2 aromatic rings. The van der Waals surface area contributed by atoms with Crippen molar-refractivity contribution in [3.63, 3.8) is 0 Å². The molecule has 1 amide bonds. The van der Waals surface area contributed by atoms with Gasteiger partial charge in [0.1, 0.15) is 0 Å². The fourth-order valence-corrected chi connectivity index (χ4v) is 4.44. The van der Waals surface area contributed by atoms with Gasteiger partial charge in [0, 0.05) is 24.6 Å². The van der Waals surface area contributed by atoms with Crippen molar-refractivity contribution in [2.75, 3.05) is 18.4 Å². The molecule has 0 atom stereocenters. The van der Waals surface area contributed by atoms with Gasteiger partial charge >= 0.3 is 0 Å². The fraction of sp³-hybridized carbons (Fsp3) is 0.500. The average molecular weight is 400 g/mol. The molecule has 2 N–H and O–H groups in total. The maximum atomic E-state index is 12.7. The first-order valence-corrected chi connectivity index (χ1v) is 11.1. The van der Waals surface area contributed by atoms with Crippen LogP contribution in [-0.4, -0.2) is 29.8 Å². The number of carbonyl (C=O) groups is 2. The average Bonchev–Trinajstić information content (AvgIpc) is 3.22. The first kappa shape index (κ1) is 20.5. The normalized spacial score (nSPS) is 14.6. The molecule has 1 aromatic carbocycles. The number of benzene rings is 1. The molecule has 1 aliphatic carbocycles. The molecular formula is C22H29N3O2S. The molecule has 1 aromatic heterocycles. The van der Waals surface area contributed by atoms with Crippen molar-refractivity contribution in [2.45, 2.75) is 51.9 Å². The van der Waals surface area contributed by atoms with E-state index in [0.717, 1.165) is 48.5 Å². The Morgan fingerprint density at radius 3 is 2.71 bits per heavy atom. The number of carbonyl (C=O) groups excluding carboxylic acids is 2. The van der Waals surface area contributed by atoms with E-state index in [4.69, 9.17) is 0 Å². The van der Waals surface area contributed by atoms with E-state index in [1.54, 1.807) is 6.20 Å². The van der Waals surface area contributed by atoms with Crippen molar-refractivity contribution >= 4 is 28.2 Å². The van der Waals surface area contributed by atoms with Crippen LogP contribution in [0.4, 0.5) is 5.13 Å². The van der Waals surface area contributed by atoms with Crippen molar-refractivity contribution in [2.24, 2.45) is 5.92 Å². The lowest BCUT2D eigenvalue weighted by Crippen LogP contribution is -2.33. The van der Waals surface area contributed by atoms with E-state index in [-0.39, 0.29) is 17.6 Å². The zero-order valence-corrected chi connectivity index (χ0v) is 17.3. The first-order valence-electron chi connectivity index (χ1n) is 10.3. The molecule has 1 heterocycles. The Morgan fingerprint density at radius 1 is 1.14 bits per heavy atom. The largest absolute Gasteiger partial charge is 0.361 e. The summed E-state index contributed by atoms with van der Waals surface area (Å²) in [6.45, 7) is 3.44. The van der Waals surface area contributed by atoms with E-state index in [1.165, 1.54) is 30.6 Å². The monoisotopic (exact) mass is 399 g/mol. The standard InChI is InChI=1S/C22H29N3O2S/c1-2-16-9-6-7-12-18(16)20(26)19-15-25-22(28-19)24-14-8-13-23-21(27)17-10-4-3-5-11-17/h6-7,9,12,15,17H,2-5,8,10-11,13-14H2,1H3,(H,23,27)(H,24,25). The van der Waals surface area contributed by atoms with Gasteiger partial charge in [-0.2, -0.15) is 0 Å². The van der Waals surface area contributed by atoms with Crippen LogP contribution in [0, 0.1) is 5.92 Å². The summed E-state index contributed by atoms with van der Waals surface area (Å²) in [7, 11) is 0. The maximum Gasteiger partial charge on any atom is 0.223 e. The first-order chi connectivity index (χ1) is 13.7. The molecule has 0 radical (unpaired) electrons. The summed E-state index contributed by atoms with van der Waals surface area (Å²) >= 11 is 1.38. The minimum atomic E-state index is 0.0303. The second-order valence-electron chi connectivity index (χ2n) is 7.28. The Bertz CT molecular complexity index is 797. The number of amides is 1. The van der Waals surface area contributed by atoms with Gasteiger partial charge in [-0.05, 0) is 31.2 Å². The minimum Gasteiger partial charge on any atom is -0.361 e. The minimum absolute atomic E-state index is 0.0303. The van der Waals surface area contributed by atoms with Gasteiger partial charge in [-0.15, -0.1) is 0 Å². The van der Waals surface area contributed by atoms with Crippen molar-refractivity contribution in [3.8, 4) is 0 Å². The Balaban J connectivity index is 1.42. The molecule has 6 heteroatoms. The number of hydrogen-bond donors (Lipinski definition) is 2. The van der Waals surface area contributed by atoms with Gasteiger partial charge in [-0.3, -0.25) is 9.59 Å². The summed E-state index contributed by atoms with van der Waals surface area (Å²) in [6, 6.07) is 7.73. The third kappa shape index (κ3) is 5.41. The molecule has 0 unspecified atom stereocenters. The quantitative estimate of drug-likeness (QED) is 0.483. The number of nitrogens with zero attached hydrogens (tertiary/aromatic N) is 1. The van der Waals surface area contributed by atoms with Crippen LogP contribution in [0.2, 0.25) is 0 Å². The summed E-state index contributed by atoms with van der Waals surface area (Å²) < 4.78 is 0. The van der Waals surface area contributed by atoms with Crippen LogP contribution in [0.25, 0.3) is 0 Å². The molecule has 0 spiro atoms. The molecule has 1 aliphatic rings. The lowest BCUT2D eigenvalue weighted by molar-refractivity contribution is -0.125. The molecule has 0 bridgehead atoms. The van der Waals surface area contributed by atoms with Gasteiger partial charge in [-0.25, -0.2) is 4.98 Å². The van der Waals surface area contributed by atoms with Crippen molar-refractivity contribution in [1.82, 2.24) is 10.3 Å². The number of thiazole rings is 1. The van der Waals surface area contributed by atoms with Gasteiger partial charge in [-0.1, -0.05) is 61.8 Å². The van der Waals surface area contributed by atoms with E-state index in [2.05, 4.69) is 22.5 Å². The summed E-state index contributed by atoms with van der Waals surface area (Å²) in [6.07, 6.45) is 8.98. The van der Waals surface area contributed by atoms with Crippen LogP contribution in [-0.2, 0) is 11.2 Å². The van der Waals surface area contributed by atoms with Crippen molar-refractivity contribution < 1.29 is 9.59 Å². The molecule has 0 saturated heterocycles. The number of anilines is 1. The second kappa shape index (κ2) is 10.4. The summed E-state index contributed by atoms with van der Waals surface area (Å²) in [5.74, 6) is 0.444. The molecule has 0 aliphatic heterocycles. The van der Waals surface area contributed by atoms with Crippen molar-refractivity contribution in [1.29, 1.82) is 0 Å². The predicted molar refractivity (Wildman–Crippen MR) is 114 cm³/mol. The Morgan fingerprint density at radius 2 is 1.93 bits per heavy atom. The van der Waals surface area contributed by atoms with E-state index in [0.29, 0.717) is 11.4 Å². The molecule has 150 valence electrons. The number of ketones is 1. The molecule has 3 rings (SSSR count). The van der Waals surface area contributed by atoms with Gasteiger partial charge in [0.05, 0.1) is 11.1 Å². The van der Waals surface area contributed by atoms with Crippen LogP contribution in [0.3, 0.4) is 0 Å². The molecule has 1 fully saturated rings. The zero-order chi connectivity index (χ0) is 19.8. The third-order valence-corrected chi connectivity index (χ3v) is 6.23. The highest BCUT2D eigenvalue weighted by molar-refractivity contribution is 7.17. The molecule has 28 heavy (non-hydrogen) atoms. The fourth-order valence-electron chi connectivity index (χ4n) is 3.65. The molecule has 5 nitrogen and oxygen atoms in total. The predicted octanol–water partition coefficient (Wildman–Crippen LogP) is 4.44. The summed E-state index contributed by atoms with van der Waals surface area (Å²) in [5, 5.41) is 7.05. The zero-order valence-electron chi connectivity index (χ0n) is 16.5. The number of hydrogen-bond acceptors (Lipinski definition) is 5. The smallest absolute Gasteiger partial charge is 0.223 e. The lowest BCUT2D eigenvalue weighted by atomic mass is 9.89. The SMILES string of the molecule is CCc1ccccc1C(=O)c1cnc(NCCCNC(=O)C2CCCCC2)s1. The Kier molecular flexibility index (Phi) is 7.60. The van der Waals surface area contributed by atoms with Gasteiger partial charge in [0.25, 0.3) is 0 Å². The highest BCUT2D eigenvalue weighted by Gasteiger charge is 2.20. The number of aryl methyl sites for hydroxylation is 1. The maximum absolute atomic E-state index is 12.7. The summed E-state index contributed by atoms with van der Waals surface area (Å²) in [5.41, 5.74) is 1.81. The molecule has 1 saturated carbocycles. The summed E-state index contributed by atoms with van der Waals surface area (Å²) in [4.78, 5) is 29.8. The van der Waals surface area contributed by atoms with Crippen LogP contribution >= 0.6 is 11.3 Å². The van der Waals surface area contributed by atoms with E-state index < -0.39 is 0 Å². The highest BCUT2D eigenvalue weighted by atomic mass is 32.1. The number of aromatic nitrogens is 1. The van der Waals surface area contributed by atoms with Crippen molar-refractivity contribution in [3.05, 3.63) is 46.5 Å². The van der Waals surface area contributed by atoms with Crippen LogP contribution in [0.15, 0.2) is 30.5 Å². The Hall–Kier alpha value is -2.21. The third-order valence-electron chi connectivity index (χ3n) is 5.28. The molecular weight excluding hydrogens is 370 g/mol. The lowest BCUT2D eigenvalue weighted by Gasteiger charge is -2.20. The number of nitrogens with one attached hydrogen (secondary N) is 2. The Labute approximate surface area is 171 Å². The van der Waals surface area contributed by atoms with Gasteiger partial charge < -0.3 is 10.6 Å². The van der Waals surface area contributed by atoms with E-state index >= 15 is 0 Å². The van der Waals surface area contributed by atoms with E-state index in [1.807, 2.05) is 24.3 Å². The van der Waals surface area contributed by atoms with Gasteiger partial charge in [0.15, 0.2) is 5.13 Å². The number of rotatable bonds is 9.